The highest BCUT2D eigenvalue weighted by atomic mass is 32.1. The summed E-state index contributed by atoms with van der Waals surface area (Å²) in [6, 6.07) is 0. The summed E-state index contributed by atoms with van der Waals surface area (Å²) in [5.74, 6) is -0.532. The van der Waals surface area contributed by atoms with Crippen molar-refractivity contribution in [3.05, 3.63) is 5.69 Å². The summed E-state index contributed by atoms with van der Waals surface area (Å²) in [4.78, 5) is 13.2. The first-order chi connectivity index (χ1) is 7.58. The monoisotopic (exact) mass is 242 g/mol. The molecule has 1 aliphatic heterocycles. The molecule has 2 N–H and O–H groups in total. The van der Waals surface area contributed by atoms with Gasteiger partial charge in [-0.15, -0.1) is 5.10 Å². The lowest BCUT2D eigenvalue weighted by atomic mass is 10.2. The summed E-state index contributed by atoms with van der Waals surface area (Å²) >= 11 is 1.20. The van der Waals surface area contributed by atoms with E-state index in [1.165, 1.54) is 11.5 Å². The molecule has 1 saturated heterocycles. The van der Waals surface area contributed by atoms with Gasteiger partial charge in [0.05, 0.1) is 12.2 Å². The minimum absolute atomic E-state index is 0.131. The van der Waals surface area contributed by atoms with Crippen LogP contribution in [0.25, 0.3) is 0 Å². The second kappa shape index (κ2) is 4.34. The Bertz CT molecular complexity index is 385. The van der Waals surface area contributed by atoms with Crippen molar-refractivity contribution < 1.29 is 9.53 Å². The Morgan fingerprint density at radius 1 is 1.50 bits per heavy atom. The van der Waals surface area contributed by atoms with Crippen molar-refractivity contribution in [2.24, 2.45) is 5.73 Å². The average Bonchev–Trinajstić information content (AvgIpc) is 2.63. The van der Waals surface area contributed by atoms with Crippen LogP contribution in [0.5, 0.6) is 0 Å². The van der Waals surface area contributed by atoms with Crippen LogP contribution in [0.1, 0.15) is 24.3 Å². The lowest BCUT2D eigenvalue weighted by Crippen LogP contribution is -2.45. The number of rotatable bonds is 2. The van der Waals surface area contributed by atoms with Gasteiger partial charge in [0.15, 0.2) is 5.69 Å². The summed E-state index contributed by atoms with van der Waals surface area (Å²) in [6.07, 6.45) is 0.262. The van der Waals surface area contributed by atoms with Gasteiger partial charge in [-0.3, -0.25) is 4.79 Å². The zero-order valence-corrected chi connectivity index (χ0v) is 10.0. The van der Waals surface area contributed by atoms with E-state index in [9.17, 15) is 4.79 Å². The third-order valence-corrected chi connectivity index (χ3v) is 3.20. The highest BCUT2D eigenvalue weighted by molar-refractivity contribution is 7.10. The van der Waals surface area contributed by atoms with Crippen molar-refractivity contribution in [2.75, 3.05) is 18.0 Å². The number of nitrogens with two attached hydrogens (primary N) is 1. The number of hydrogen-bond acceptors (Lipinski definition) is 6. The molecule has 1 aromatic heterocycles. The largest absolute Gasteiger partial charge is 0.372 e. The molecule has 0 aliphatic carbocycles. The van der Waals surface area contributed by atoms with Gasteiger partial charge in [-0.1, -0.05) is 4.49 Å². The first kappa shape index (κ1) is 11.3. The lowest BCUT2D eigenvalue weighted by Gasteiger charge is -2.35. The molecule has 0 bridgehead atoms. The van der Waals surface area contributed by atoms with E-state index in [0.717, 1.165) is 18.1 Å². The fraction of sp³-hybridized carbons (Fsp3) is 0.667. The third kappa shape index (κ3) is 2.14. The van der Waals surface area contributed by atoms with E-state index in [-0.39, 0.29) is 17.9 Å². The van der Waals surface area contributed by atoms with Crippen LogP contribution >= 0.6 is 11.5 Å². The standard InChI is InChI=1S/C9H14N4O2S/c1-5-3-13(4-6(2)15-5)9-7(8(10)14)11-12-16-9/h5-6H,3-4H2,1-2H3,(H2,10,14)/t5-,6+. The molecule has 2 rings (SSSR count). The summed E-state index contributed by atoms with van der Waals surface area (Å²) in [6.45, 7) is 5.46. The third-order valence-electron chi connectivity index (χ3n) is 2.41. The van der Waals surface area contributed by atoms with Gasteiger partial charge < -0.3 is 15.4 Å². The van der Waals surface area contributed by atoms with Crippen LogP contribution in [0.4, 0.5) is 5.00 Å². The van der Waals surface area contributed by atoms with Crippen molar-refractivity contribution >= 4 is 22.4 Å². The number of ether oxygens (including phenoxy) is 1. The number of carbonyl (C=O) groups is 1. The average molecular weight is 242 g/mol. The Morgan fingerprint density at radius 3 is 2.69 bits per heavy atom. The predicted octanol–water partition coefficient (Wildman–Crippen LogP) is 0.251. The maximum Gasteiger partial charge on any atom is 0.272 e. The Balaban J connectivity index is 2.23. The normalized spacial score (nSPS) is 25.8. The molecule has 0 unspecified atom stereocenters. The van der Waals surface area contributed by atoms with Crippen LogP contribution in [-0.2, 0) is 4.74 Å². The van der Waals surface area contributed by atoms with Crippen LogP contribution in [-0.4, -0.2) is 40.8 Å². The molecule has 0 radical (unpaired) electrons. The van der Waals surface area contributed by atoms with Crippen LogP contribution < -0.4 is 10.6 Å². The Morgan fingerprint density at radius 2 is 2.12 bits per heavy atom. The zero-order valence-electron chi connectivity index (χ0n) is 9.21. The van der Waals surface area contributed by atoms with Crippen LogP contribution in [0.15, 0.2) is 0 Å². The minimum atomic E-state index is -0.532. The fourth-order valence-electron chi connectivity index (χ4n) is 1.89. The van der Waals surface area contributed by atoms with Crippen molar-refractivity contribution in [1.82, 2.24) is 9.59 Å². The second-order valence-corrected chi connectivity index (χ2v) is 4.69. The molecule has 1 fully saturated rings. The maximum absolute atomic E-state index is 11.2. The highest BCUT2D eigenvalue weighted by Crippen LogP contribution is 2.26. The second-order valence-electron chi connectivity index (χ2n) is 3.95. The number of aromatic nitrogens is 2. The molecule has 6 nitrogen and oxygen atoms in total. The van der Waals surface area contributed by atoms with Gasteiger partial charge in [-0.25, -0.2) is 0 Å². The summed E-state index contributed by atoms with van der Waals surface area (Å²) in [5, 5.41) is 4.50. The van der Waals surface area contributed by atoms with Crippen molar-refractivity contribution in [3.63, 3.8) is 0 Å². The van der Waals surface area contributed by atoms with Crippen molar-refractivity contribution in [3.8, 4) is 0 Å². The SMILES string of the molecule is C[C@@H]1CN(c2snnc2C(N)=O)C[C@H](C)O1. The molecule has 7 heteroatoms. The van der Waals surface area contributed by atoms with E-state index in [4.69, 9.17) is 10.5 Å². The molecule has 1 aliphatic rings. The van der Waals surface area contributed by atoms with Gasteiger partial charge in [0.2, 0.25) is 0 Å². The molecule has 2 atom stereocenters. The van der Waals surface area contributed by atoms with E-state index in [1.54, 1.807) is 0 Å². The molecular formula is C9H14N4O2S. The molecule has 0 spiro atoms. The molecule has 16 heavy (non-hydrogen) atoms. The van der Waals surface area contributed by atoms with Crippen LogP contribution in [0.2, 0.25) is 0 Å². The van der Waals surface area contributed by atoms with E-state index < -0.39 is 5.91 Å². The Kier molecular flexibility index (Phi) is 3.06. The topological polar surface area (TPSA) is 81.3 Å². The lowest BCUT2D eigenvalue weighted by molar-refractivity contribution is -0.00507. The Labute approximate surface area is 97.5 Å². The van der Waals surface area contributed by atoms with E-state index in [0.29, 0.717) is 0 Å². The van der Waals surface area contributed by atoms with Gasteiger partial charge in [0, 0.05) is 24.6 Å². The number of amides is 1. The number of carbonyl (C=O) groups excluding carboxylic acids is 1. The van der Waals surface area contributed by atoms with Crippen LogP contribution in [0, 0.1) is 0 Å². The molecule has 1 amide bonds. The summed E-state index contributed by atoms with van der Waals surface area (Å²) in [7, 11) is 0. The van der Waals surface area contributed by atoms with E-state index in [2.05, 4.69) is 14.5 Å². The highest BCUT2D eigenvalue weighted by Gasteiger charge is 2.27. The van der Waals surface area contributed by atoms with Crippen molar-refractivity contribution in [2.45, 2.75) is 26.1 Å². The first-order valence-electron chi connectivity index (χ1n) is 5.10. The molecule has 88 valence electrons. The summed E-state index contributed by atoms with van der Waals surface area (Å²) in [5.41, 5.74) is 5.50. The fourth-order valence-corrected chi connectivity index (χ4v) is 2.58. The van der Waals surface area contributed by atoms with Gasteiger partial charge in [0.1, 0.15) is 5.00 Å². The van der Waals surface area contributed by atoms with Gasteiger partial charge >= 0.3 is 0 Å². The van der Waals surface area contributed by atoms with E-state index >= 15 is 0 Å². The smallest absolute Gasteiger partial charge is 0.272 e. The molecule has 1 aromatic rings. The number of morpholine rings is 1. The molecule has 2 heterocycles. The van der Waals surface area contributed by atoms with Gasteiger partial charge in [0.25, 0.3) is 5.91 Å². The first-order valence-corrected chi connectivity index (χ1v) is 5.88. The predicted molar refractivity (Wildman–Crippen MR) is 60.6 cm³/mol. The number of hydrogen-bond donors (Lipinski definition) is 1. The number of primary amides is 1. The zero-order chi connectivity index (χ0) is 11.7. The number of anilines is 1. The van der Waals surface area contributed by atoms with Crippen LogP contribution in [0.3, 0.4) is 0 Å². The van der Waals surface area contributed by atoms with Crippen molar-refractivity contribution in [1.29, 1.82) is 0 Å². The van der Waals surface area contributed by atoms with E-state index in [1.807, 2.05) is 13.8 Å². The Hall–Kier alpha value is -1.21. The molecule has 0 saturated carbocycles. The molecule has 0 aromatic carbocycles. The number of nitrogens with zero attached hydrogens (tertiary/aromatic N) is 3. The van der Waals surface area contributed by atoms with Gasteiger partial charge in [-0.05, 0) is 13.8 Å². The molecular weight excluding hydrogens is 228 g/mol. The quantitative estimate of drug-likeness (QED) is 0.804. The van der Waals surface area contributed by atoms with Gasteiger partial charge in [-0.2, -0.15) is 0 Å². The maximum atomic E-state index is 11.2. The summed E-state index contributed by atoms with van der Waals surface area (Å²) < 4.78 is 9.40. The minimum Gasteiger partial charge on any atom is -0.372 e.